The van der Waals surface area contributed by atoms with Crippen molar-refractivity contribution in [2.45, 2.75) is 6.92 Å². The van der Waals surface area contributed by atoms with Crippen LogP contribution in [-0.2, 0) is 0 Å². The molecule has 0 radical (unpaired) electrons. The number of aromatic nitrogens is 1. The molecule has 0 unspecified atom stereocenters. The van der Waals surface area contributed by atoms with E-state index in [2.05, 4.69) is 21.1 Å². The zero-order valence-corrected chi connectivity index (χ0v) is 13.6. The van der Waals surface area contributed by atoms with Crippen molar-refractivity contribution in [1.82, 2.24) is 5.16 Å². The fraction of sp³-hybridized carbons (Fsp3) is 0.0625. The van der Waals surface area contributed by atoms with Crippen LogP contribution in [-0.4, -0.2) is 5.16 Å². The van der Waals surface area contributed by atoms with Crippen molar-refractivity contribution in [3.63, 3.8) is 0 Å². The molecular weight excluding hydrogens is 352 g/mol. The molecule has 0 aliphatic carbocycles. The molecule has 1 heterocycles. The van der Waals surface area contributed by atoms with E-state index in [0.717, 1.165) is 26.7 Å². The number of benzene rings is 2. The highest BCUT2D eigenvalue weighted by Crippen LogP contribution is 2.39. The zero-order chi connectivity index (χ0) is 15.0. The number of nitrogen functional groups attached to an aromatic ring is 1. The lowest BCUT2D eigenvalue weighted by Crippen LogP contribution is -1.90. The van der Waals surface area contributed by atoms with Crippen LogP contribution in [0.3, 0.4) is 0 Å². The Bertz CT molecular complexity index is 814. The molecule has 0 spiro atoms. The summed E-state index contributed by atoms with van der Waals surface area (Å²) in [6.07, 6.45) is 0. The first-order chi connectivity index (χ1) is 10.1. The average Bonchev–Trinajstić information content (AvgIpc) is 2.84. The number of hydrogen-bond acceptors (Lipinski definition) is 3. The van der Waals surface area contributed by atoms with Gasteiger partial charge in [0.2, 0.25) is 5.88 Å². The lowest BCUT2D eigenvalue weighted by atomic mass is 9.97. The number of aryl methyl sites for hydroxylation is 1. The molecule has 5 heteroatoms. The van der Waals surface area contributed by atoms with Gasteiger partial charge >= 0.3 is 0 Å². The van der Waals surface area contributed by atoms with E-state index in [9.17, 15) is 0 Å². The van der Waals surface area contributed by atoms with Crippen molar-refractivity contribution >= 4 is 33.4 Å². The summed E-state index contributed by atoms with van der Waals surface area (Å²) in [6, 6.07) is 13.6. The van der Waals surface area contributed by atoms with Gasteiger partial charge in [-0.25, -0.2) is 0 Å². The first kappa shape index (κ1) is 14.2. The van der Waals surface area contributed by atoms with Gasteiger partial charge < -0.3 is 10.3 Å². The van der Waals surface area contributed by atoms with Crippen molar-refractivity contribution in [1.29, 1.82) is 0 Å². The standard InChI is InChI=1S/C16H12BrClN2O/c1-9-4-2-3-5-11(9)14-15(20-21-16(14)19)10-6-7-12(17)13(18)8-10/h2-8H,19H2,1H3. The number of rotatable bonds is 2. The van der Waals surface area contributed by atoms with Crippen molar-refractivity contribution in [2.24, 2.45) is 0 Å². The van der Waals surface area contributed by atoms with E-state index in [1.807, 2.05) is 49.4 Å². The molecular formula is C16H12BrClN2O. The van der Waals surface area contributed by atoms with Crippen LogP contribution in [0.2, 0.25) is 5.02 Å². The van der Waals surface area contributed by atoms with E-state index < -0.39 is 0 Å². The Morgan fingerprint density at radius 1 is 1.19 bits per heavy atom. The van der Waals surface area contributed by atoms with Crippen LogP contribution in [0.1, 0.15) is 5.56 Å². The normalized spacial score (nSPS) is 10.8. The summed E-state index contributed by atoms with van der Waals surface area (Å²) < 4.78 is 6.04. The minimum absolute atomic E-state index is 0.304. The third kappa shape index (κ3) is 2.57. The van der Waals surface area contributed by atoms with Crippen molar-refractivity contribution in [3.8, 4) is 22.4 Å². The topological polar surface area (TPSA) is 52.0 Å². The minimum Gasteiger partial charge on any atom is -0.367 e. The van der Waals surface area contributed by atoms with Crippen LogP contribution < -0.4 is 5.73 Å². The molecule has 0 saturated heterocycles. The monoisotopic (exact) mass is 362 g/mol. The van der Waals surface area contributed by atoms with Crippen LogP contribution in [0.15, 0.2) is 51.5 Å². The number of anilines is 1. The summed E-state index contributed by atoms with van der Waals surface area (Å²) in [5.74, 6) is 0.304. The smallest absolute Gasteiger partial charge is 0.230 e. The molecule has 0 saturated carbocycles. The van der Waals surface area contributed by atoms with Gasteiger partial charge in [0, 0.05) is 10.0 Å². The quantitative estimate of drug-likeness (QED) is 0.671. The molecule has 0 bridgehead atoms. The molecule has 21 heavy (non-hydrogen) atoms. The van der Waals surface area contributed by atoms with Gasteiger partial charge in [-0.15, -0.1) is 0 Å². The maximum atomic E-state index is 6.16. The summed E-state index contributed by atoms with van der Waals surface area (Å²) in [5, 5.41) is 4.72. The number of hydrogen-bond donors (Lipinski definition) is 1. The number of nitrogens with two attached hydrogens (primary N) is 1. The highest BCUT2D eigenvalue weighted by Gasteiger charge is 2.19. The second-order valence-corrected chi connectivity index (χ2v) is 5.98. The Morgan fingerprint density at radius 2 is 1.95 bits per heavy atom. The lowest BCUT2D eigenvalue weighted by Gasteiger charge is -2.07. The molecule has 0 aliphatic heterocycles. The first-order valence-corrected chi connectivity index (χ1v) is 7.51. The van der Waals surface area contributed by atoms with Crippen LogP contribution in [0.4, 0.5) is 5.88 Å². The second kappa shape index (κ2) is 5.54. The van der Waals surface area contributed by atoms with Crippen LogP contribution >= 0.6 is 27.5 Å². The van der Waals surface area contributed by atoms with Gasteiger partial charge in [0.05, 0.1) is 10.6 Å². The fourth-order valence-electron chi connectivity index (χ4n) is 2.26. The van der Waals surface area contributed by atoms with Gasteiger partial charge in [-0.05, 0) is 46.1 Å². The maximum absolute atomic E-state index is 6.16. The van der Waals surface area contributed by atoms with Gasteiger partial charge in [0.1, 0.15) is 5.69 Å². The van der Waals surface area contributed by atoms with Gasteiger partial charge in [-0.2, -0.15) is 0 Å². The van der Waals surface area contributed by atoms with Crippen LogP contribution in [0.25, 0.3) is 22.4 Å². The van der Waals surface area contributed by atoms with Crippen LogP contribution in [0.5, 0.6) is 0 Å². The van der Waals surface area contributed by atoms with Crippen molar-refractivity contribution < 1.29 is 4.52 Å². The lowest BCUT2D eigenvalue weighted by molar-refractivity contribution is 0.439. The number of halogens is 2. The Kier molecular flexibility index (Phi) is 3.74. The Balaban J connectivity index is 2.22. The van der Waals surface area contributed by atoms with Crippen molar-refractivity contribution in [3.05, 3.63) is 57.5 Å². The summed E-state index contributed by atoms with van der Waals surface area (Å²) in [7, 11) is 0. The fourth-order valence-corrected chi connectivity index (χ4v) is 2.68. The van der Waals surface area contributed by atoms with Crippen LogP contribution in [0, 0.1) is 6.92 Å². The molecule has 3 aromatic rings. The zero-order valence-electron chi connectivity index (χ0n) is 11.2. The summed E-state index contributed by atoms with van der Waals surface area (Å²) in [6.45, 7) is 2.03. The predicted octanol–water partition coefficient (Wildman–Crippen LogP) is 5.32. The molecule has 106 valence electrons. The van der Waals surface area contributed by atoms with Crippen molar-refractivity contribution in [2.75, 3.05) is 5.73 Å². The van der Waals surface area contributed by atoms with E-state index in [0.29, 0.717) is 16.6 Å². The SMILES string of the molecule is Cc1ccccc1-c1c(-c2ccc(Br)c(Cl)c2)noc1N. The van der Waals surface area contributed by atoms with E-state index in [-0.39, 0.29) is 0 Å². The largest absolute Gasteiger partial charge is 0.367 e. The Labute approximate surface area is 135 Å². The highest BCUT2D eigenvalue weighted by molar-refractivity contribution is 9.10. The Hall–Kier alpha value is -1.78. The van der Waals surface area contributed by atoms with E-state index >= 15 is 0 Å². The molecule has 0 fully saturated rings. The predicted molar refractivity (Wildman–Crippen MR) is 89.2 cm³/mol. The third-order valence-electron chi connectivity index (χ3n) is 3.33. The third-order valence-corrected chi connectivity index (χ3v) is 4.56. The molecule has 3 nitrogen and oxygen atoms in total. The van der Waals surface area contributed by atoms with Gasteiger partial charge in [0.25, 0.3) is 0 Å². The average molecular weight is 364 g/mol. The molecule has 2 aromatic carbocycles. The highest BCUT2D eigenvalue weighted by atomic mass is 79.9. The maximum Gasteiger partial charge on any atom is 0.230 e. The van der Waals surface area contributed by atoms with E-state index in [1.54, 1.807) is 0 Å². The van der Waals surface area contributed by atoms with E-state index in [4.69, 9.17) is 21.9 Å². The molecule has 1 aromatic heterocycles. The van der Waals surface area contributed by atoms with E-state index in [1.165, 1.54) is 0 Å². The van der Waals surface area contributed by atoms with Gasteiger partial charge in [-0.3, -0.25) is 0 Å². The second-order valence-electron chi connectivity index (χ2n) is 4.71. The molecule has 0 aliphatic rings. The van der Waals surface area contributed by atoms with Gasteiger partial charge in [0.15, 0.2) is 0 Å². The summed E-state index contributed by atoms with van der Waals surface area (Å²) >= 11 is 9.55. The minimum atomic E-state index is 0.304. The number of nitrogens with zero attached hydrogens (tertiary/aromatic N) is 1. The summed E-state index contributed by atoms with van der Waals surface area (Å²) in [5.41, 5.74) is 10.4. The molecule has 0 amide bonds. The molecule has 0 atom stereocenters. The Morgan fingerprint density at radius 3 is 2.67 bits per heavy atom. The van der Waals surface area contributed by atoms with Gasteiger partial charge in [-0.1, -0.05) is 47.1 Å². The molecule has 3 rings (SSSR count). The first-order valence-electron chi connectivity index (χ1n) is 6.34. The summed E-state index contributed by atoms with van der Waals surface area (Å²) in [4.78, 5) is 0. The molecule has 2 N–H and O–H groups in total.